The minimum Gasteiger partial charge on any atom is -0.308 e. The highest BCUT2D eigenvalue weighted by atomic mass is 15.2. The lowest BCUT2D eigenvalue weighted by Crippen LogP contribution is -2.18. The quantitative estimate of drug-likeness (QED) is 0.116. The van der Waals surface area contributed by atoms with E-state index >= 15 is 0 Å². The summed E-state index contributed by atoms with van der Waals surface area (Å²) in [5.41, 5.74) is 13.2. The van der Waals surface area contributed by atoms with Gasteiger partial charge in [-0.3, -0.25) is 0 Å². The SMILES string of the molecule is C(=Cc1ccc(N(c2ccccc2)c2cccc(C=Cc3ccccc3)c2N(c2ccccc2)c2ccc(C=Cc3ccccc3)cc2)cc1)c1ccccc1. The number of rotatable bonds is 12. The van der Waals surface area contributed by atoms with E-state index in [1.54, 1.807) is 0 Å². The molecule has 56 heavy (non-hydrogen) atoms. The van der Waals surface area contributed by atoms with Gasteiger partial charge in [-0.25, -0.2) is 0 Å². The molecule has 0 bridgehead atoms. The minimum atomic E-state index is 1.05. The Bertz CT molecular complexity index is 2520. The molecule has 0 amide bonds. The zero-order valence-corrected chi connectivity index (χ0v) is 31.1. The lowest BCUT2D eigenvalue weighted by molar-refractivity contribution is 1.22. The van der Waals surface area contributed by atoms with Crippen LogP contribution in [0.1, 0.15) is 33.4 Å². The van der Waals surface area contributed by atoms with Crippen LogP contribution < -0.4 is 9.80 Å². The van der Waals surface area contributed by atoms with Gasteiger partial charge >= 0.3 is 0 Å². The highest BCUT2D eigenvalue weighted by Gasteiger charge is 2.24. The third-order valence-corrected chi connectivity index (χ3v) is 9.63. The van der Waals surface area contributed by atoms with Crippen molar-refractivity contribution in [2.45, 2.75) is 0 Å². The molecule has 0 fully saturated rings. The van der Waals surface area contributed by atoms with E-state index in [0.29, 0.717) is 0 Å². The molecule has 8 rings (SSSR count). The molecule has 2 heteroatoms. The molecule has 0 unspecified atom stereocenters. The average molecular weight is 719 g/mol. The van der Waals surface area contributed by atoms with Crippen LogP contribution in [0.4, 0.5) is 34.1 Å². The van der Waals surface area contributed by atoms with E-state index in [1.807, 2.05) is 12.1 Å². The van der Waals surface area contributed by atoms with Crippen LogP contribution in [0.25, 0.3) is 36.5 Å². The second kappa shape index (κ2) is 17.6. The van der Waals surface area contributed by atoms with Crippen molar-refractivity contribution in [3.05, 3.63) is 252 Å². The van der Waals surface area contributed by atoms with Crippen molar-refractivity contribution in [3.63, 3.8) is 0 Å². The number of para-hydroxylation sites is 3. The molecule has 2 nitrogen and oxygen atoms in total. The molecule has 0 aliphatic rings. The Balaban J connectivity index is 1.28. The van der Waals surface area contributed by atoms with Gasteiger partial charge in [-0.05, 0) is 82.4 Å². The molecule has 0 aliphatic carbocycles. The molecular formula is C54H42N2. The van der Waals surface area contributed by atoms with Gasteiger partial charge in [0.2, 0.25) is 0 Å². The Morgan fingerprint density at radius 2 is 0.554 bits per heavy atom. The summed E-state index contributed by atoms with van der Waals surface area (Å²) in [7, 11) is 0. The number of nitrogens with zero attached hydrogens (tertiary/aromatic N) is 2. The van der Waals surface area contributed by atoms with Crippen molar-refractivity contribution in [3.8, 4) is 0 Å². The van der Waals surface area contributed by atoms with Crippen LogP contribution in [0.5, 0.6) is 0 Å². The smallest absolute Gasteiger partial charge is 0.0775 e. The molecular weight excluding hydrogens is 677 g/mol. The van der Waals surface area contributed by atoms with Crippen LogP contribution in [0.2, 0.25) is 0 Å². The molecule has 0 atom stereocenters. The summed E-state index contributed by atoms with van der Waals surface area (Å²) in [6.45, 7) is 0. The predicted molar refractivity (Wildman–Crippen MR) is 242 cm³/mol. The highest BCUT2D eigenvalue weighted by molar-refractivity contribution is 5.97. The summed E-state index contributed by atoms with van der Waals surface area (Å²) < 4.78 is 0. The molecule has 8 aromatic carbocycles. The van der Waals surface area contributed by atoms with Crippen LogP contribution in [-0.4, -0.2) is 0 Å². The Hall–Kier alpha value is -7.42. The average Bonchev–Trinajstić information content (AvgIpc) is 3.28. The Morgan fingerprint density at radius 1 is 0.232 bits per heavy atom. The fourth-order valence-electron chi connectivity index (χ4n) is 6.83. The van der Waals surface area contributed by atoms with Gasteiger partial charge in [0.25, 0.3) is 0 Å². The first-order chi connectivity index (χ1) is 27.8. The topological polar surface area (TPSA) is 6.48 Å². The van der Waals surface area contributed by atoms with E-state index in [9.17, 15) is 0 Å². The van der Waals surface area contributed by atoms with Crippen molar-refractivity contribution >= 4 is 70.6 Å². The van der Waals surface area contributed by atoms with E-state index in [2.05, 4.69) is 253 Å². The molecule has 0 N–H and O–H groups in total. The maximum absolute atomic E-state index is 2.39. The molecule has 0 radical (unpaired) electrons. The van der Waals surface area contributed by atoms with Crippen molar-refractivity contribution < 1.29 is 0 Å². The molecule has 8 aromatic rings. The second-order valence-electron chi connectivity index (χ2n) is 13.5. The number of hydrogen-bond acceptors (Lipinski definition) is 2. The van der Waals surface area contributed by atoms with Crippen LogP contribution >= 0.6 is 0 Å². The van der Waals surface area contributed by atoms with E-state index < -0.39 is 0 Å². The maximum Gasteiger partial charge on any atom is 0.0775 e. The first kappa shape index (κ1) is 35.6. The molecule has 268 valence electrons. The molecule has 0 spiro atoms. The fourth-order valence-corrected chi connectivity index (χ4v) is 6.83. The summed E-state index contributed by atoms with van der Waals surface area (Å²) in [4.78, 5) is 4.75. The standard InChI is InChI=1S/C54H42N2/c1-6-17-43(18-7-1)29-31-46-34-39-51(40-35-46)55(49-24-12-4-13-25-49)53-28-16-23-48(38-33-45-21-10-3-11-22-45)54(53)56(50-26-14-5-15-27-50)52-41-36-47(37-42-52)32-30-44-19-8-2-9-20-44/h1-42H. The Morgan fingerprint density at radius 3 is 0.982 bits per heavy atom. The second-order valence-corrected chi connectivity index (χ2v) is 13.5. The normalized spacial score (nSPS) is 11.4. The monoisotopic (exact) mass is 718 g/mol. The Kier molecular flexibility index (Phi) is 11.2. The first-order valence-corrected chi connectivity index (χ1v) is 19.0. The van der Waals surface area contributed by atoms with Crippen LogP contribution in [0.15, 0.2) is 218 Å². The number of anilines is 6. The highest BCUT2D eigenvalue weighted by Crippen LogP contribution is 2.48. The summed E-state index contributed by atoms with van der Waals surface area (Å²) in [6, 6.07) is 76.9. The van der Waals surface area contributed by atoms with Gasteiger partial charge in [0.1, 0.15) is 0 Å². The first-order valence-electron chi connectivity index (χ1n) is 19.0. The molecule has 0 heterocycles. The van der Waals surface area contributed by atoms with Crippen molar-refractivity contribution in [2.75, 3.05) is 9.80 Å². The van der Waals surface area contributed by atoms with E-state index in [4.69, 9.17) is 0 Å². The zero-order valence-electron chi connectivity index (χ0n) is 31.1. The maximum atomic E-state index is 2.39. The van der Waals surface area contributed by atoms with E-state index in [-0.39, 0.29) is 0 Å². The predicted octanol–water partition coefficient (Wildman–Crippen LogP) is 15.1. The Labute approximate surface area is 330 Å². The zero-order chi connectivity index (χ0) is 37.8. The van der Waals surface area contributed by atoms with Gasteiger partial charge in [-0.1, -0.05) is 200 Å². The summed E-state index contributed by atoms with van der Waals surface area (Å²) in [5, 5.41) is 0. The van der Waals surface area contributed by atoms with E-state index in [0.717, 1.165) is 56.4 Å². The molecule has 0 saturated carbocycles. The van der Waals surface area contributed by atoms with Crippen molar-refractivity contribution in [2.24, 2.45) is 0 Å². The van der Waals surface area contributed by atoms with Gasteiger partial charge in [0.05, 0.1) is 11.4 Å². The van der Waals surface area contributed by atoms with Gasteiger partial charge in [0.15, 0.2) is 0 Å². The summed E-state index contributed by atoms with van der Waals surface area (Å²) in [5.74, 6) is 0. The molecule has 0 aromatic heterocycles. The third-order valence-electron chi connectivity index (χ3n) is 9.63. The van der Waals surface area contributed by atoms with Crippen LogP contribution in [0.3, 0.4) is 0 Å². The third kappa shape index (κ3) is 8.68. The number of benzene rings is 8. The van der Waals surface area contributed by atoms with Gasteiger partial charge in [-0.15, -0.1) is 0 Å². The summed E-state index contributed by atoms with van der Waals surface area (Å²) >= 11 is 0. The van der Waals surface area contributed by atoms with Crippen LogP contribution in [0, 0.1) is 0 Å². The van der Waals surface area contributed by atoms with Crippen LogP contribution in [-0.2, 0) is 0 Å². The van der Waals surface area contributed by atoms with Crippen molar-refractivity contribution in [1.82, 2.24) is 0 Å². The fraction of sp³-hybridized carbons (Fsp3) is 0. The lowest BCUT2D eigenvalue weighted by atomic mass is 10.0. The van der Waals surface area contributed by atoms with Gasteiger partial charge < -0.3 is 9.80 Å². The number of hydrogen-bond donors (Lipinski definition) is 0. The van der Waals surface area contributed by atoms with Crippen molar-refractivity contribution in [1.29, 1.82) is 0 Å². The minimum absolute atomic E-state index is 1.05. The molecule has 0 saturated heterocycles. The summed E-state index contributed by atoms with van der Waals surface area (Å²) in [6.07, 6.45) is 13.1. The molecule has 0 aliphatic heterocycles. The van der Waals surface area contributed by atoms with E-state index in [1.165, 1.54) is 11.1 Å². The van der Waals surface area contributed by atoms with Gasteiger partial charge in [-0.2, -0.15) is 0 Å². The lowest BCUT2D eigenvalue weighted by Gasteiger charge is -2.34. The largest absolute Gasteiger partial charge is 0.308 e. The van der Waals surface area contributed by atoms with Gasteiger partial charge in [0, 0.05) is 28.3 Å².